The first-order valence-electron chi connectivity index (χ1n) is 8.91. The van der Waals surface area contributed by atoms with E-state index >= 15 is 0 Å². The number of hydrogen-bond donors (Lipinski definition) is 0. The summed E-state index contributed by atoms with van der Waals surface area (Å²) >= 11 is 1.74. The molecular weight excluding hydrogens is 344 g/mol. The Morgan fingerprint density at radius 3 is 2.81 bits per heavy atom. The first-order chi connectivity index (χ1) is 12.8. The summed E-state index contributed by atoms with van der Waals surface area (Å²) in [6.45, 7) is 3.38. The number of fused-ring (bicyclic) bond motifs is 3. The van der Waals surface area contributed by atoms with Gasteiger partial charge < -0.3 is 9.47 Å². The molecule has 26 heavy (non-hydrogen) atoms. The minimum absolute atomic E-state index is 0.110. The molecular formula is C20H20N4OS. The van der Waals surface area contributed by atoms with E-state index in [0.717, 1.165) is 31.0 Å². The standard InChI is InChI=1S/C20H20N4OS/c25-20-17-5-3-8-23(17)18-12-22(10-15-6-9-26-14-15)13-19(18)24(20)11-16-4-1-2-7-21-16/h1-9,14,18-19H,10-13H2/t18-,19-/m1/s1. The van der Waals surface area contributed by atoms with Gasteiger partial charge in [-0.25, -0.2) is 0 Å². The van der Waals surface area contributed by atoms with Crippen LogP contribution in [0.3, 0.4) is 0 Å². The molecule has 1 fully saturated rings. The largest absolute Gasteiger partial charge is 0.337 e. The minimum atomic E-state index is 0.110. The van der Waals surface area contributed by atoms with Gasteiger partial charge in [0.05, 0.1) is 24.3 Å². The van der Waals surface area contributed by atoms with Crippen molar-refractivity contribution in [3.05, 3.63) is 76.5 Å². The molecule has 3 aromatic heterocycles. The van der Waals surface area contributed by atoms with Gasteiger partial charge in [-0.3, -0.25) is 14.7 Å². The molecule has 2 aliphatic heterocycles. The van der Waals surface area contributed by atoms with E-state index in [1.807, 2.05) is 35.2 Å². The molecule has 5 nitrogen and oxygen atoms in total. The average molecular weight is 364 g/mol. The minimum Gasteiger partial charge on any atom is -0.337 e. The van der Waals surface area contributed by atoms with Gasteiger partial charge in [-0.2, -0.15) is 11.3 Å². The lowest BCUT2D eigenvalue weighted by atomic mass is 10.1. The number of carbonyl (C=O) groups excluding carboxylic acids is 1. The number of rotatable bonds is 4. The van der Waals surface area contributed by atoms with Crippen molar-refractivity contribution in [3.63, 3.8) is 0 Å². The number of amides is 1. The SMILES string of the molecule is O=C1c2cccn2[C@@H]2CN(Cc3ccsc3)C[C@H]2N1Cc1ccccn1. The van der Waals surface area contributed by atoms with Gasteiger partial charge >= 0.3 is 0 Å². The quantitative estimate of drug-likeness (QED) is 0.715. The number of nitrogens with zero attached hydrogens (tertiary/aromatic N) is 4. The number of likely N-dealkylation sites (tertiary alicyclic amines) is 1. The van der Waals surface area contributed by atoms with E-state index < -0.39 is 0 Å². The Labute approximate surface area is 156 Å². The van der Waals surface area contributed by atoms with Crippen molar-refractivity contribution in [1.29, 1.82) is 0 Å². The lowest BCUT2D eigenvalue weighted by Crippen LogP contribution is -2.49. The molecule has 0 radical (unpaired) electrons. The molecule has 0 bridgehead atoms. The van der Waals surface area contributed by atoms with Crippen LogP contribution in [-0.4, -0.2) is 44.4 Å². The molecule has 132 valence electrons. The van der Waals surface area contributed by atoms with E-state index in [-0.39, 0.29) is 11.9 Å². The first kappa shape index (κ1) is 15.8. The molecule has 0 aromatic carbocycles. The summed E-state index contributed by atoms with van der Waals surface area (Å²) in [6.07, 6.45) is 3.85. The van der Waals surface area contributed by atoms with E-state index in [1.165, 1.54) is 5.56 Å². The Hall–Kier alpha value is -2.44. The Morgan fingerprint density at radius 1 is 1.08 bits per heavy atom. The summed E-state index contributed by atoms with van der Waals surface area (Å²) in [5, 5.41) is 4.33. The third kappa shape index (κ3) is 2.66. The van der Waals surface area contributed by atoms with Crippen LogP contribution in [0, 0.1) is 0 Å². The number of aromatic nitrogens is 2. The van der Waals surface area contributed by atoms with Gasteiger partial charge in [0.1, 0.15) is 5.69 Å². The van der Waals surface area contributed by atoms with Gasteiger partial charge in [0, 0.05) is 32.0 Å². The van der Waals surface area contributed by atoms with Crippen LogP contribution in [0.25, 0.3) is 0 Å². The van der Waals surface area contributed by atoms with E-state index in [2.05, 4.69) is 37.5 Å². The number of carbonyl (C=O) groups is 1. The predicted octanol–water partition coefficient (Wildman–Crippen LogP) is 3.03. The van der Waals surface area contributed by atoms with E-state index in [1.54, 1.807) is 17.5 Å². The molecule has 0 saturated carbocycles. The van der Waals surface area contributed by atoms with Crippen LogP contribution in [0.4, 0.5) is 0 Å². The Morgan fingerprint density at radius 2 is 2.00 bits per heavy atom. The van der Waals surface area contributed by atoms with E-state index in [4.69, 9.17) is 0 Å². The summed E-state index contributed by atoms with van der Waals surface area (Å²) in [6, 6.07) is 12.5. The topological polar surface area (TPSA) is 41.4 Å². The van der Waals surface area contributed by atoms with Crippen molar-refractivity contribution >= 4 is 17.2 Å². The fourth-order valence-corrected chi connectivity index (χ4v) is 4.87. The molecule has 5 rings (SSSR count). The molecule has 1 saturated heterocycles. The molecule has 0 aliphatic carbocycles. The van der Waals surface area contributed by atoms with Crippen molar-refractivity contribution in [3.8, 4) is 0 Å². The fraction of sp³-hybridized carbons (Fsp3) is 0.300. The van der Waals surface area contributed by atoms with Crippen molar-refractivity contribution in [2.24, 2.45) is 0 Å². The third-order valence-corrected chi connectivity index (χ3v) is 6.13. The fourth-order valence-electron chi connectivity index (χ4n) is 4.21. The van der Waals surface area contributed by atoms with Crippen LogP contribution in [0.1, 0.15) is 27.8 Å². The highest BCUT2D eigenvalue weighted by Gasteiger charge is 2.44. The molecule has 2 aliphatic rings. The second-order valence-electron chi connectivity index (χ2n) is 7.02. The second kappa shape index (κ2) is 6.37. The summed E-state index contributed by atoms with van der Waals surface area (Å²) in [5.74, 6) is 0.110. The van der Waals surface area contributed by atoms with Crippen molar-refractivity contribution in [1.82, 2.24) is 19.4 Å². The Bertz CT molecular complexity index is 905. The van der Waals surface area contributed by atoms with Crippen LogP contribution in [0.2, 0.25) is 0 Å². The molecule has 6 heteroatoms. The predicted molar refractivity (Wildman–Crippen MR) is 101 cm³/mol. The van der Waals surface area contributed by atoms with Crippen LogP contribution in [0.5, 0.6) is 0 Å². The number of pyridine rings is 1. The number of thiophene rings is 1. The highest BCUT2D eigenvalue weighted by atomic mass is 32.1. The van der Waals surface area contributed by atoms with Gasteiger partial charge in [-0.1, -0.05) is 6.07 Å². The molecule has 1 amide bonds. The van der Waals surface area contributed by atoms with Crippen LogP contribution in [0.15, 0.2) is 59.6 Å². The molecule has 0 unspecified atom stereocenters. The molecule has 0 N–H and O–H groups in total. The molecule has 3 aromatic rings. The van der Waals surface area contributed by atoms with Crippen LogP contribution < -0.4 is 0 Å². The lowest BCUT2D eigenvalue weighted by molar-refractivity contribution is 0.0553. The summed E-state index contributed by atoms with van der Waals surface area (Å²) in [4.78, 5) is 22.0. The zero-order valence-electron chi connectivity index (χ0n) is 14.4. The Kier molecular flexibility index (Phi) is 3.87. The van der Waals surface area contributed by atoms with Crippen LogP contribution >= 0.6 is 11.3 Å². The Balaban J connectivity index is 1.45. The first-order valence-corrected chi connectivity index (χ1v) is 9.85. The summed E-state index contributed by atoms with van der Waals surface area (Å²) in [5.41, 5.74) is 3.08. The average Bonchev–Trinajstić information content (AvgIpc) is 3.40. The van der Waals surface area contributed by atoms with Crippen molar-refractivity contribution in [2.45, 2.75) is 25.2 Å². The molecule has 0 spiro atoms. The highest BCUT2D eigenvalue weighted by Crippen LogP contribution is 2.35. The molecule has 5 heterocycles. The maximum atomic E-state index is 13.1. The lowest BCUT2D eigenvalue weighted by Gasteiger charge is -2.38. The second-order valence-corrected chi connectivity index (χ2v) is 7.80. The van der Waals surface area contributed by atoms with E-state index in [0.29, 0.717) is 12.6 Å². The summed E-state index contributed by atoms with van der Waals surface area (Å²) in [7, 11) is 0. The van der Waals surface area contributed by atoms with Gasteiger partial charge in [-0.05, 0) is 46.7 Å². The van der Waals surface area contributed by atoms with Crippen LogP contribution in [-0.2, 0) is 13.1 Å². The van der Waals surface area contributed by atoms with Crippen molar-refractivity contribution < 1.29 is 4.79 Å². The van der Waals surface area contributed by atoms with Gasteiger partial charge in [-0.15, -0.1) is 0 Å². The normalized spacial score (nSPS) is 22.5. The number of hydrogen-bond acceptors (Lipinski definition) is 4. The smallest absolute Gasteiger partial charge is 0.271 e. The highest BCUT2D eigenvalue weighted by molar-refractivity contribution is 7.07. The zero-order chi connectivity index (χ0) is 17.5. The molecule has 2 atom stereocenters. The monoisotopic (exact) mass is 364 g/mol. The van der Waals surface area contributed by atoms with Gasteiger partial charge in [0.25, 0.3) is 5.91 Å². The van der Waals surface area contributed by atoms with Gasteiger partial charge in [0.2, 0.25) is 0 Å². The van der Waals surface area contributed by atoms with Gasteiger partial charge in [0.15, 0.2) is 0 Å². The maximum Gasteiger partial charge on any atom is 0.271 e. The third-order valence-electron chi connectivity index (χ3n) is 5.40. The maximum absolute atomic E-state index is 13.1. The zero-order valence-corrected chi connectivity index (χ0v) is 15.2. The van der Waals surface area contributed by atoms with E-state index in [9.17, 15) is 4.79 Å². The van der Waals surface area contributed by atoms with Crippen molar-refractivity contribution in [2.75, 3.05) is 13.1 Å². The summed E-state index contributed by atoms with van der Waals surface area (Å²) < 4.78 is 2.18.